The first-order chi connectivity index (χ1) is 13.0. The van der Waals surface area contributed by atoms with Gasteiger partial charge < -0.3 is 14.2 Å². The molecule has 2 amide bonds. The van der Waals surface area contributed by atoms with Gasteiger partial charge in [0.1, 0.15) is 5.58 Å². The minimum atomic E-state index is -0.119. The van der Waals surface area contributed by atoms with E-state index in [0.29, 0.717) is 43.1 Å². The predicted octanol–water partition coefficient (Wildman–Crippen LogP) is 4.10. The molecule has 0 radical (unpaired) electrons. The zero-order valence-electron chi connectivity index (χ0n) is 14.9. The molecule has 0 spiro atoms. The number of furan rings is 1. The second-order valence-corrected chi connectivity index (χ2v) is 7.56. The normalized spacial score (nSPS) is 14.6. The van der Waals surface area contributed by atoms with E-state index >= 15 is 0 Å². The third-order valence-corrected chi connectivity index (χ3v) is 5.46. The van der Waals surface area contributed by atoms with Gasteiger partial charge in [-0.1, -0.05) is 34.1 Å². The van der Waals surface area contributed by atoms with Gasteiger partial charge in [0, 0.05) is 47.2 Å². The molecule has 1 fully saturated rings. The summed E-state index contributed by atoms with van der Waals surface area (Å²) in [5, 5.41) is 0.936. The van der Waals surface area contributed by atoms with Gasteiger partial charge in [-0.3, -0.25) is 9.59 Å². The second kappa shape index (κ2) is 7.19. The minimum absolute atomic E-state index is 0.00691. The fraction of sp³-hybridized carbons (Fsp3) is 0.238. The Balaban J connectivity index is 1.48. The lowest BCUT2D eigenvalue weighted by molar-refractivity contribution is 0.0519. The van der Waals surface area contributed by atoms with E-state index in [4.69, 9.17) is 4.42 Å². The van der Waals surface area contributed by atoms with Gasteiger partial charge in [0.2, 0.25) is 0 Å². The van der Waals surface area contributed by atoms with Crippen molar-refractivity contribution in [3.05, 3.63) is 69.9 Å². The van der Waals surface area contributed by atoms with Crippen LogP contribution in [-0.4, -0.2) is 47.8 Å². The molecule has 3 aromatic rings. The number of nitrogens with zero attached hydrogens (tertiary/aromatic N) is 2. The molecule has 4 rings (SSSR count). The molecule has 1 saturated heterocycles. The maximum absolute atomic E-state index is 12.9. The topological polar surface area (TPSA) is 53.8 Å². The maximum atomic E-state index is 12.9. The van der Waals surface area contributed by atoms with Gasteiger partial charge in [-0.05, 0) is 37.3 Å². The quantitative estimate of drug-likeness (QED) is 0.619. The molecular weight excluding hydrogens is 408 g/mol. The molecule has 1 aromatic heterocycles. The third-order valence-electron chi connectivity index (χ3n) is 4.97. The van der Waals surface area contributed by atoms with Gasteiger partial charge in [0.05, 0.1) is 0 Å². The van der Waals surface area contributed by atoms with Crippen LogP contribution in [0.4, 0.5) is 0 Å². The molecule has 1 aliphatic heterocycles. The lowest BCUT2D eigenvalue weighted by Gasteiger charge is -2.34. The number of piperazine rings is 1. The number of amides is 2. The van der Waals surface area contributed by atoms with Crippen LogP contribution in [0.5, 0.6) is 0 Å². The van der Waals surface area contributed by atoms with Crippen molar-refractivity contribution < 1.29 is 14.0 Å². The van der Waals surface area contributed by atoms with Crippen LogP contribution >= 0.6 is 15.9 Å². The number of hydrogen-bond donors (Lipinski definition) is 0. The molecular formula is C21H19BrN2O3. The van der Waals surface area contributed by atoms with Gasteiger partial charge in [-0.25, -0.2) is 0 Å². The number of hydrogen-bond acceptors (Lipinski definition) is 3. The van der Waals surface area contributed by atoms with Crippen LogP contribution in [0.2, 0.25) is 0 Å². The second-order valence-electron chi connectivity index (χ2n) is 6.65. The molecule has 0 bridgehead atoms. The Labute approximate surface area is 165 Å². The van der Waals surface area contributed by atoms with Crippen molar-refractivity contribution in [2.24, 2.45) is 0 Å². The van der Waals surface area contributed by atoms with Gasteiger partial charge in [-0.2, -0.15) is 0 Å². The van der Waals surface area contributed by atoms with Crippen molar-refractivity contribution in [1.29, 1.82) is 0 Å². The minimum Gasteiger partial charge on any atom is -0.451 e. The fourth-order valence-corrected chi connectivity index (χ4v) is 3.78. The van der Waals surface area contributed by atoms with Crippen molar-refractivity contribution in [1.82, 2.24) is 9.80 Å². The third kappa shape index (κ3) is 3.37. The predicted molar refractivity (Wildman–Crippen MR) is 107 cm³/mol. The smallest absolute Gasteiger partial charge is 0.290 e. The number of rotatable bonds is 2. The van der Waals surface area contributed by atoms with Crippen LogP contribution < -0.4 is 0 Å². The van der Waals surface area contributed by atoms with Crippen LogP contribution in [0.1, 0.15) is 26.5 Å². The Bertz CT molecular complexity index is 1000. The Hall–Kier alpha value is -2.60. The molecule has 0 N–H and O–H groups in total. The average molecular weight is 427 g/mol. The van der Waals surface area contributed by atoms with Crippen LogP contribution in [0.25, 0.3) is 11.0 Å². The molecule has 27 heavy (non-hydrogen) atoms. The number of benzene rings is 2. The van der Waals surface area contributed by atoms with Gasteiger partial charge in [0.25, 0.3) is 11.8 Å². The zero-order chi connectivity index (χ0) is 19.0. The largest absolute Gasteiger partial charge is 0.451 e. The summed E-state index contributed by atoms with van der Waals surface area (Å²) in [7, 11) is 0. The summed E-state index contributed by atoms with van der Waals surface area (Å²) in [4.78, 5) is 29.0. The summed E-state index contributed by atoms with van der Waals surface area (Å²) in [6.45, 7) is 3.93. The molecule has 1 aliphatic rings. The van der Waals surface area contributed by atoms with E-state index in [1.165, 1.54) is 0 Å². The number of fused-ring (bicyclic) bond motifs is 1. The van der Waals surface area contributed by atoms with E-state index in [0.717, 1.165) is 15.4 Å². The van der Waals surface area contributed by atoms with Crippen molar-refractivity contribution in [2.45, 2.75) is 6.92 Å². The van der Waals surface area contributed by atoms with Crippen LogP contribution in [-0.2, 0) is 0 Å². The molecule has 0 aliphatic carbocycles. The molecule has 0 saturated carbocycles. The summed E-state index contributed by atoms with van der Waals surface area (Å²) in [5.41, 5.74) is 2.23. The molecule has 2 aromatic carbocycles. The van der Waals surface area contributed by atoms with Crippen molar-refractivity contribution in [3.8, 4) is 0 Å². The number of aryl methyl sites for hydroxylation is 1. The molecule has 5 nitrogen and oxygen atoms in total. The molecule has 0 atom stereocenters. The highest BCUT2D eigenvalue weighted by Crippen LogP contribution is 2.29. The summed E-state index contributed by atoms with van der Waals surface area (Å²) >= 11 is 3.45. The van der Waals surface area contributed by atoms with Crippen LogP contribution in [0.15, 0.2) is 57.4 Å². The summed E-state index contributed by atoms with van der Waals surface area (Å²) in [6, 6.07) is 15.0. The first kappa shape index (κ1) is 17.8. The lowest BCUT2D eigenvalue weighted by Crippen LogP contribution is -2.50. The summed E-state index contributed by atoms with van der Waals surface area (Å²) in [6.07, 6.45) is 0. The SMILES string of the molecule is Cc1c(C(=O)N2CCN(C(=O)c3ccccc3)CC2)oc2ccc(Br)cc12. The van der Waals surface area contributed by atoms with Crippen LogP contribution in [0.3, 0.4) is 0 Å². The van der Waals surface area contributed by atoms with E-state index in [2.05, 4.69) is 15.9 Å². The van der Waals surface area contributed by atoms with E-state index in [9.17, 15) is 9.59 Å². The highest BCUT2D eigenvalue weighted by Gasteiger charge is 2.28. The van der Waals surface area contributed by atoms with Crippen molar-refractivity contribution in [2.75, 3.05) is 26.2 Å². The molecule has 2 heterocycles. The van der Waals surface area contributed by atoms with Crippen molar-refractivity contribution >= 4 is 38.7 Å². The van der Waals surface area contributed by atoms with Gasteiger partial charge in [0.15, 0.2) is 5.76 Å². The highest BCUT2D eigenvalue weighted by atomic mass is 79.9. The number of carbonyl (C=O) groups excluding carboxylic acids is 2. The zero-order valence-corrected chi connectivity index (χ0v) is 16.5. The highest BCUT2D eigenvalue weighted by molar-refractivity contribution is 9.10. The van der Waals surface area contributed by atoms with E-state index in [1.54, 1.807) is 9.80 Å². The standard InChI is InChI=1S/C21H19BrN2O3/c1-14-17-13-16(22)7-8-18(17)27-19(14)21(26)24-11-9-23(10-12-24)20(25)15-5-3-2-4-6-15/h2-8,13H,9-12H2,1H3. The number of halogens is 1. The number of carbonyl (C=O) groups is 2. The van der Waals surface area contributed by atoms with E-state index in [1.807, 2.05) is 55.5 Å². The first-order valence-electron chi connectivity index (χ1n) is 8.87. The first-order valence-corrected chi connectivity index (χ1v) is 9.66. The maximum Gasteiger partial charge on any atom is 0.290 e. The van der Waals surface area contributed by atoms with Crippen molar-refractivity contribution in [3.63, 3.8) is 0 Å². The Morgan fingerprint density at radius 3 is 2.22 bits per heavy atom. The lowest BCUT2D eigenvalue weighted by atomic mass is 10.1. The monoisotopic (exact) mass is 426 g/mol. The summed E-state index contributed by atoms with van der Waals surface area (Å²) in [5.74, 6) is 0.269. The average Bonchev–Trinajstić information content (AvgIpc) is 3.04. The van der Waals surface area contributed by atoms with Gasteiger partial charge >= 0.3 is 0 Å². The van der Waals surface area contributed by atoms with Crippen LogP contribution in [0, 0.1) is 6.92 Å². The van der Waals surface area contributed by atoms with Gasteiger partial charge in [-0.15, -0.1) is 0 Å². The Morgan fingerprint density at radius 1 is 0.926 bits per heavy atom. The summed E-state index contributed by atoms with van der Waals surface area (Å²) < 4.78 is 6.77. The Morgan fingerprint density at radius 2 is 1.56 bits per heavy atom. The molecule has 6 heteroatoms. The molecule has 0 unspecified atom stereocenters. The Kier molecular flexibility index (Phi) is 4.74. The van der Waals surface area contributed by atoms with E-state index < -0.39 is 0 Å². The van der Waals surface area contributed by atoms with E-state index in [-0.39, 0.29) is 11.8 Å². The fourth-order valence-electron chi connectivity index (χ4n) is 3.42. The molecule has 138 valence electrons.